The maximum Gasteiger partial charge on any atom is 0.341 e. The van der Waals surface area contributed by atoms with Gasteiger partial charge in [-0.05, 0) is 29.8 Å². The van der Waals surface area contributed by atoms with Crippen LogP contribution < -0.4 is 4.74 Å². The Hall–Kier alpha value is -3.81. The molecule has 0 aliphatic heterocycles. The van der Waals surface area contributed by atoms with Gasteiger partial charge in [-0.15, -0.1) is 0 Å². The van der Waals surface area contributed by atoms with Crippen LogP contribution in [0.4, 0.5) is 8.78 Å². The zero-order valence-corrected chi connectivity index (χ0v) is 15.0. The fraction of sp³-hybridized carbons (Fsp3) is 0.0952. The molecule has 3 heterocycles. The van der Waals surface area contributed by atoms with Crippen LogP contribution in [-0.4, -0.2) is 32.6 Å². The molecule has 0 amide bonds. The standard InChI is InChI=1S/C21H15F2N3O3/c22-17-3-4-18(29-11-19(27)28)20(23)16(17)7-14-10-26-21-15(14)6-13(9-25-21)12-2-1-5-24-8-12/h1-6,8-10H,7,11H2,(H,25,26)(H,27,28). The summed E-state index contributed by atoms with van der Waals surface area (Å²) in [5.74, 6) is -3.22. The normalized spacial score (nSPS) is 11.0. The minimum absolute atomic E-state index is 0.0554. The van der Waals surface area contributed by atoms with Gasteiger partial charge >= 0.3 is 5.97 Å². The molecule has 0 atom stereocenters. The Kier molecular flexibility index (Phi) is 4.90. The van der Waals surface area contributed by atoms with Gasteiger partial charge < -0.3 is 14.8 Å². The number of hydrogen-bond acceptors (Lipinski definition) is 4. The van der Waals surface area contributed by atoms with E-state index in [1.54, 1.807) is 24.8 Å². The summed E-state index contributed by atoms with van der Waals surface area (Å²) < 4.78 is 34.0. The van der Waals surface area contributed by atoms with Crippen LogP contribution in [0, 0.1) is 11.6 Å². The predicted octanol–water partition coefficient (Wildman–Crippen LogP) is 3.96. The first-order valence-corrected chi connectivity index (χ1v) is 8.71. The number of aliphatic carboxylic acids is 1. The molecule has 0 aliphatic carbocycles. The molecule has 8 heteroatoms. The van der Waals surface area contributed by atoms with Crippen molar-refractivity contribution in [3.05, 3.63) is 77.9 Å². The van der Waals surface area contributed by atoms with Gasteiger partial charge in [-0.3, -0.25) is 4.98 Å². The number of ether oxygens (including phenoxy) is 1. The molecule has 4 rings (SSSR count). The SMILES string of the molecule is O=C(O)COc1ccc(F)c(Cc2c[nH]c3ncc(-c4cccnc4)cc23)c1F. The maximum atomic E-state index is 14.7. The smallest absolute Gasteiger partial charge is 0.341 e. The molecule has 1 aromatic carbocycles. The fourth-order valence-corrected chi connectivity index (χ4v) is 3.08. The van der Waals surface area contributed by atoms with Gasteiger partial charge in [-0.25, -0.2) is 18.6 Å². The molecule has 0 unspecified atom stereocenters. The van der Waals surface area contributed by atoms with Crippen LogP contribution in [0.15, 0.2) is 55.1 Å². The van der Waals surface area contributed by atoms with E-state index in [-0.39, 0.29) is 17.7 Å². The predicted molar refractivity (Wildman–Crippen MR) is 102 cm³/mol. The van der Waals surface area contributed by atoms with Gasteiger partial charge in [0.05, 0.1) is 0 Å². The van der Waals surface area contributed by atoms with Gasteiger partial charge in [0.15, 0.2) is 18.2 Å². The van der Waals surface area contributed by atoms with E-state index >= 15 is 0 Å². The summed E-state index contributed by atoms with van der Waals surface area (Å²) in [6.07, 6.45) is 6.66. The van der Waals surface area contributed by atoms with E-state index in [1.807, 2.05) is 18.2 Å². The quantitative estimate of drug-likeness (QED) is 0.516. The molecule has 0 saturated heterocycles. The van der Waals surface area contributed by atoms with Crippen LogP contribution in [0.2, 0.25) is 0 Å². The van der Waals surface area contributed by atoms with E-state index < -0.39 is 24.2 Å². The molecule has 4 aromatic rings. The number of aromatic nitrogens is 3. The van der Waals surface area contributed by atoms with Gasteiger partial charge in [0, 0.05) is 53.3 Å². The number of nitrogens with one attached hydrogen (secondary N) is 1. The van der Waals surface area contributed by atoms with Crippen molar-refractivity contribution >= 4 is 17.0 Å². The van der Waals surface area contributed by atoms with Gasteiger partial charge in [-0.1, -0.05) is 6.07 Å². The average molecular weight is 395 g/mol. The van der Waals surface area contributed by atoms with Crippen molar-refractivity contribution < 1.29 is 23.4 Å². The Balaban J connectivity index is 1.71. The lowest BCUT2D eigenvalue weighted by Gasteiger charge is -2.10. The molecule has 6 nitrogen and oxygen atoms in total. The summed E-state index contributed by atoms with van der Waals surface area (Å²) in [7, 11) is 0. The largest absolute Gasteiger partial charge is 0.479 e. The summed E-state index contributed by atoms with van der Waals surface area (Å²) in [4.78, 5) is 22.1. The number of halogens is 2. The summed E-state index contributed by atoms with van der Waals surface area (Å²) in [5, 5.41) is 9.42. The highest BCUT2D eigenvalue weighted by Gasteiger charge is 2.18. The van der Waals surface area contributed by atoms with Crippen molar-refractivity contribution in [3.8, 4) is 16.9 Å². The lowest BCUT2D eigenvalue weighted by molar-refractivity contribution is -0.139. The third kappa shape index (κ3) is 3.77. The summed E-state index contributed by atoms with van der Waals surface area (Å²) in [6, 6.07) is 7.72. The van der Waals surface area contributed by atoms with Crippen LogP contribution in [0.5, 0.6) is 5.75 Å². The van der Waals surface area contributed by atoms with Gasteiger partial charge in [0.25, 0.3) is 0 Å². The Morgan fingerprint density at radius 1 is 1.17 bits per heavy atom. The van der Waals surface area contributed by atoms with Crippen molar-refractivity contribution in [1.29, 1.82) is 0 Å². The van der Waals surface area contributed by atoms with Crippen molar-refractivity contribution in [2.45, 2.75) is 6.42 Å². The molecule has 2 N–H and O–H groups in total. The first-order chi connectivity index (χ1) is 14.0. The molecule has 0 spiro atoms. The number of benzene rings is 1. The number of aromatic amines is 1. The van der Waals surface area contributed by atoms with E-state index in [0.717, 1.165) is 28.6 Å². The highest BCUT2D eigenvalue weighted by Crippen LogP contribution is 2.29. The van der Waals surface area contributed by atoms with Gasteiger partial charge in [0.1, 0.15) is 11.5 Å². The Labute approximate surface area is 163 Å². The van der Waals surface area contributed by atoms with Crippen molar-refractivity contribution in [2.75, 3.05) is 6.61 Å². The number of hydrogen-bond donors (Lipinski definition) is 2. The molecule has 0 bridgehead atoms. The molecule has 0 radical (unpaired) electrons. The molecule has 0 fully saturated rings. The molecule has 29 heavy (non-hydrogen) atoms. The van der Waals surface area contributed by atoms with E-state index in [9.17, 15) is 13.6 Å². The van der Waals surface area contributed by atoms with Crippen LogP contribution >= 0.6 is 0 Å². The third-order valence-electron chi connectivity index (χ3n) is 4.48. The number of H-pyrrole nitrogens is 1. The average Bonchev–Trinajstić information content (AvgIpc) is 3.13. The maximum absolute atomic E-state index is 14.7. The van der Waals surface area contributed by atoms with E-state index in [1.165, 1.54) is 0 Å². The first kappa shape index (κ1) is 18.5. The minimum atomic E-state index is -1.25. The van der Waals surface area contributed by atoms with Crippen LogP contribution in [0.1, 0.15) is 11.1 Å². The van der Waals surface area contributed by atoms with Crippen LogP contribution in [-0.2, 0) is 11.2 Å². The number of nitrogens with zero attached hydrogens (tertiary/aromatic N) is 2. The Bertz CT molecular complexity index is 1190. The Morgan fingerprint density at radius 3 is 2.79 bits per heavy atom. The van der Waals surface area contributed by atoms with E-state index in [0.29, 0.717) is 11.2 Å². The second kappa shape index (κ2) is 7.67. The van der Waals surface area contributed by atoms with E-state index in [4.69, 9.17) is 9.84 Å². The number of carbonyl (C=O) groups is 1. The summed E-state index contributed by atoms with van der Waals surface area (Å²) in [6.45, 7) is -0.715. The number of rotatable bonds is 6. The van der Waals surface area contributed by atoms with Crippen molar-refractivity contribution in [2.24, 2.45) is 0 Å². The highest BCUT2D eigenvalue weighted by molar-refractivity contribution is 5.84. The summed E-state index contributed by atoms with van der Waals surface area (Å²) >= 11 is 0. The number of carboxylic acid groups (broad SMARTS) is 1. The zero-order valence-electron chi connectivity index (χ0n) is 15.0. The molecular formula is C21H15F2N3O3. The monoisotopic (exact) mass is 395 g/mol. The molecule has 0 saturated carbocycles. The van der Waals surface area contributed by atoms with Crippen LogP contribution in [0.3, 0.4) is 0 Å². The second-order valence-corrected chi connectivity index (χ2v) is 6.37. The summed E-state index contributed by atoms with van der Waals surface area (Å²) in [5.41, 5.74) is 2.72. The highest BCUT2D eigenvalue weighted by atomic mass is 19.1. The number of carboxylic acids is 1. The minimum Gasteiger partial charge on any atom is -0.479 e. The van der Waals surface area contributed by atoms with Crippen molar-refractivity contribution in [1.82, 2.24) is 15.0 Å². The van der Waals surface area contributed by atoms with E-state index in [2.05, 4.69) is 15.0 Å². The van der Waals surface area contributed by atoms with Crippen molar-refractivity contribution in [3.63, 3.8) is 0 Å². The Morgan fingerprint density at radius 2 is 2.03 bits per heavy atom. The molecule has 3 aromatic heterocycles. The second-order valence-electron chi connectivity index (χ2n) is 6.37. The fourth-order valence-electron chi connectivity index (χ4n) is 3.08. The third-order valence-corrected chi connectivity index (χ3v) is 4.48. The van der Waals surface area contributed by atoms with Gasteiger partial charge in [0.2, 0.25) is 0 Å². The number of pyridine rings is 2. The lowest BCUT2D eigenvalue weighted by Crippen LogP contribution is -2.11. The zero-order chi connectivity index (χ0) is 20.4. The van der Waals surface area contributed by atoms with Crippen LogP contribution in [0.25, 0.3) is 22.2 Å². The van der Waals surface area contributed by atoms with Gasteiger partial charge in [-0.2, -0.15) is 0 Å². The first-order valence-electron chi connectivity index (χ1n) is 8.71. The molecule has 146 valence electrons. The lowest BCUT2D eigenvalue weighted by atomic mass is 10.0. The number of fused-ring (bicyclic) bond motifs is 1. The molecular weight excluding hydrogens is 380 g/mol. The topological polar surface area (TPSA) is 88.1 Å². The molecule has 0 aliphatic rings.